The van der Waals surface area contributed by atoms with Crippen molar-refractivity contribution in [1.82, 2.24) is 4.98 Å². The summed E-state index contributed by atoms with van der Waals surface area (Å²) < 4.78 is 77.5. The minimum Gasteiger partial charge on any atom is -0.251 e. The van der Waals surface area contributed by atoms with E-state index in [0.29, 0.717) is 0 Å². The lowest BCUT2D eigenvalue weighted by molar-refractivity contribution is -0.144. The van der Waals surface area contributed by atoms with Crippen LogP contribution in [0.5, 0.6) is 0 Å². The third kappa shape index (κ3) is 3.84. The molecule has 1 nitrogen and oxygen atoms in total. The average molecular weight is 395 g/mol. The van der Waals surface area contributed by atoms with E-state index in [1.165, 1.54) is 0 Å². The zero-order valence-corrected chi connectivity index (χ0v) is 12.9. The number of rotatable bonds is 1. The molecule has 0 aliphatic carbocycles. The van der Waals surface area contributed by atoms with Gasteiger partial charge in [-0.05, 0) is 18.2 Å². The molecule has 1 heterocycles. The predicted molar refractivity (Wildman–Crippen MR) is 74.7 cm³/mol. The van der Waals surface area contributed by atoms with Gasteiger partial charge in [-0.25, -0.2) is 0 Å². The standard InChI is InChI=1S/C13H4Cl3F6N/c14-5-1-8(15)11(9(16)2-5)6-3-10(13(20,21)22)23-4-7(6)12(17,18)19/h1-4H. The third-order valence-electron chi connectivity index (χ3n) is 2.78. The van der Waals surface area contributed by atoms with E-state index in [4.69, 9.17) is 34.8 Å². The van der Waals surface area contributed by atoms with Crippen LogP contribution in [0.25, 0.3) is 11.1 Å². The Bertz CT molecular complexity index is 731. The number of alkyl halides is 6. The van der Waals surface area contributed by atoms with Gasteiger partial charge in [-0.1, -0.05) is 34.8 Å². The summed E-state index contributed by atoms with van der Waals surface area (Å²) in [6.07, 6.45) is -9.78. The van der Waals surface area contributed by atoms with E-state index < -0.39 is 34.7 Å². The molecule has 10 heteroatoms. The molecule has 0 atom stereocenters. The average Bonchev–Trinajstić information content (AvgIpc) is 2.34. The first-order valence-corrected chi connectivity index (χ1v) is 6.84. The Labute approximate surface area is 140 Å². The van der Waals surface area contributed by atoms with Crippen LogP contribution in [-0.4, -0.2) is 4.98 Å². The Hall–Kier alpha value is -1.18. The molecule has 23 heavy (non-hydrogen) atoms. The molecule has 0 saturated heterocycles. The molecule has 0 N–H and O–H groups in total. The number of benzene rings is 1. The van der Waals surface area contributed by atoms with E-state index in [1.54, 1.807) is 0 Å². The highest BCUT2D eigenvalue weighted by Gasteiger charge is 2.39. The number of pyridine rings is 1. The second-order valence-electron chi connectivity index (χ2n) is 4.36. The maximum Gasteiger partial charge on any atom is 0.433 e. The van der Waals surface area contributed by atoms with Crippen LogP contribution in [-0.2, 0) is 12.4 Å². The highest BCUT2D eigenvalue weighted by molar-refractivity contribution is 6.41. The summed E-state index contributed by atoms with van der Waals surface area (Å²) in [6.45, 7) is 0. The maximum absolute atomic E-state index is 13.1. The van der Waals surface area contributed by atoms with Gasteiger partial charge in [0.15, 0.2) is 0 Å². The second kappa shape index (κ2) is 6.03. The number of aromatic nitrogens is 1. The van der Waals surface area contributed by atoms with Gasteiger partial charge in [0.1, 0.15) is 5.69 Å². The molecular weight excluding hydrogens is 390 g/mol. The van der Waals surface area contributed by atoms with Gasteiger partial charge in [-0.2, -0.15) is 26.3 Å². The Balaban J connectivity index is 2.83. The first kappa shape index (κ1) is 18.2. The van der Waals surface area contributed by atoms with Crippen molar-refractivity contribution in [3.05, 3.63) is 50.7 Å². The van der Waals surface area contributed by atoms with E-state index in [9.17, 15) is 26.3 Å². The Morgan fingerprint density at radius 1 is 0.783 bits per heavy atom. The molecule has 1 aromatic carbocycles. The molecule has 0 amide bonds. The van der Waals surface area contributed by atoms with E-state index >= 15 is 0 Å². The Kier molecular flexibility index (Phi) is 4.76. The smallest absolute Gasteiger partial charge is 0.251 e. The zero-order valence-electron chi connectivity index (χ0n) is 10.7. The fourth-order valence-corrected chi connectivity index (χ4v) is 2.86. The minimum absolute atomic E-state index is 0.0300. The van der Waals surface area contributed by atoms with Gasteiger partial charge in [-0.15, -0.1) is 0 Å². The van der Waals surface area contributed by atoms with Crippen LogP contribution in [0.3, 0.4) is 0 Å². The topological polar surface area (TPSA) is 12.9 Å². The summed E-state index contributed by atoms with van der Waals surface area (Å²) in [5.41, 5.74) is -4.12. The normalized spacial score (nSPS) is 12.6. The number of halogens is 9. The van der Waals surface area contributed by atoms with Crippen molar-refractivity contribution in [2.45, 2.75) is 12.4 Å². The van der Waals surface area contributed by atoms with Crippen LogP contribution in [0.2, 0.25) is 15.1 Å². The van der Waals surface area contributed by atoms with Crippen molar-refractivity contribution < 1.29 is 26.3 Å². The molecule has 0 saturated carbocycles. The largest absolute Gasteiger partial charge is 0.433 e. The lowest BCUT2D eigenvalue weighted by Gasteiger charge is -2.17. The number of nitrogens with zero attached hydrogens (tertiary/aromatic N) is 1. The number of hydrogen-bond donors (Lipinski definition) is 0. The van der Waals surface area contributed by atoms with Crippen LogP contribution < -0.4 is 0 Å². The molecular formula is C13H4Cl3F6N. The predicted octanol–water partition coefficient (Wildman–Crippen LogP) is 6.75. The highest BCUT2D eigenvalue weighted by Crippen LogP contribution is 2.44. The maximum atomic E-state index is 13.1. The summed E-state index contributed by atoms with van der Waals surface area (Å²) in [5.74, 6) is 0. The molecule has 0 unspecified atom stereocenters. The van der Waals surface area contributed by atoms with Crippen molar-refractivity contribution in [3.8, 4) is 11.1 Å². The quantitative estimate of drug-likeness (QED) is 0.488. The van der Waals surface area contributed by atoms with E-state index in [-0.39, 0.29) is 27.3 Å². The fourth-order valence-electron chi connectivity index (χ4n) is 1.84. The first-order valence-electron chi connectivity index (χ1n) is 5.70. The fraction of sp³-hybridized carbons (Fsp3) is 0.154. The second-order valence-corrected chi connectivity index (χ2v) is 5.61. The monoisotopic (exact) mass is 393 g/mol. The van der Waals surface area contributed by atoms with Gasteiger partial charge in [0.05, 0.1) is 15.6 Å². The molecule has 1 aromatic heterocycles. The van der Waals surface area contributed by atoms with Crippen molar-refractivity contribution in [1.29, 1.82) is 0 Å². The molecule has 0 fully saturated rings. The van der Waals surface area contributed by atoms with Gasteiger partial charge in [-0.3, -0.25) is 4.98 Å². The Morgan fingerprint density at radius 3 is 1.74 bits per heavy atom. The highest BCUT2D eigenvalue weighted by atomic mass is 35.5. The Morgan fingerprint density at radius 2 is 1.30 bits per heavy atom. The lowest BCUT2D eigenvalue weighted by Crippen LogP contribution is -2.13. The molecule has 0 radical (unpaired) electrons. The van der Waals surface area contributed by atoms with E-state index in [0.717, 1.165) is 12.1 Å². The molecule has 2 rings (SSSR count). The van der Waals surface area contributed by atoms with E-state index in [1.807, 2.05) is 0 Å². The van der Waals surface area contributed by atoms with Gasteiger partial charge < -0.3 is 0 Å². The van der Waals surface area contributed by atoms with Crippen LogP contribution in [0, 0.1) is 0 Å². The van der Waals surface area contributed by atoms with Crippen molar-refractivity contribution in [3.63, 3.8) is 0 Å². The molecule has 124 valence electrons. The van der Waals surface area contributed by atoms with Crippen LogP contribution in [0.15, 0.2) is 24.4 Å². The number of hydrogen-bond acceptors (Lipinski definition) is 1. The summed E-state index contributed by atoms with van der Waals surface area (Å²) in [6, 6.07) is 2.42. The molecule has 0 aliphatic heterocycles. The third-order valence-corrected chi connectivity index (χ3v) is 3.59. The molecule has 0 aliphatic rings. The summed E-state index contributed by atoms with van der Waals surface area (Å²) >= 11 is 17.3. The molecule has 0 bridgehead atoms. The van der Waals surface area contributed by atoms with Crippen molar-refractivity contribution in [2.75, 3.05) is 0 Å². The molecule has 2 aromatic rings. The summed E-state index contributed by atoms with van der Waals surface area (Å²) in [7, 11) is 0. The molecule has 0 spiro atoms. The van der Waals surface area contributed by atoms with Crippen LogP contribution in [0.4, 0.5) is 26.3 Å². The van der Waals surface area contributed by atoms with Gasteiger partial charge in [0.25, 0.3) is 0 Å². The van der Waals surface area contributed by atoms with Crippen LogP contribution in [0.1, 0.15) is 11.3 Å². The van der Waals surface area contributed by atoms with E-state index in [2.05, 4.69) is 4.98 Å². The van der Waals surface area contributed by atoms with Crippen molar-refractivity contribution >= 4 is 34.8 Å². The van der Waals surface area contributed by atoms with Gasteiger partial charge in [0.2, 0.25) is 0 Å². The lowest BCUT2D eigenvalue weighted by atomic mass is 10.00. The minimum atomic E-state index is -4.95. The van der Waals surface area contributed by atoms with Crippen molar-refractivity contribution in [2.24, 2.45) is 0 Å². The zero-order chi connectivity index (χ0) is 17.6. The van der Waals surface area contributed by atoms with Gasteiger partial charge in [0, 0.05) is 22.3 Å². The SMILES string of the molecule is FC(F)(F)c1cc(-c2c(Cl)cc(Cl)cc2Cl)c(C(F)(F)F)cn1. The van der Waals surface area contributed by atoms with Gasteiger partial charge >= 0.3 is 12.4 Å². The first-order chi connectivity index (χ1) is 10.4. The summed E-state index contributed by atoms with van der Waals surface area (Å²) in [5, 5.41) is -0.595. The van der Waals surface area contributed by atoms with Crippen LogP contribution >= 0.6 is 34.8 Å². The summed E-state index contributed by atoms with van der Waals surface area (Å²) in [4.78, 5) is 2.82.